The highest BCUT2D eigenvalue weighted by atomic mass is 32.2. The number of carbonyl (C=O) groups excluding carboxylic acids is 2. The number of anilines is 2. The van der Waals surface area contributed by atoms with Gasteiger partial charge in [-0.05, 0) is 60.5 Å². The first-order chi connectivity index (χ1) is 15.5. The molecule has 33 heavy (non-hydrogen) atoms. The van der Waals surface area contributed by atoms with Crippen molar-refractivity contribution < 1.29 is 22.4 Å². The van der Waals surface area contributed by atoms with Crippen molar-refractivity contribution in [2.75, 3.05) is 17.1 Å². The van der Waals surface area contributed by atoms with Gasteiger partial charge in [0.15, 0.2) is 0 Å². The van der Waals surface area contributed by atoms with Crippen LogP contribution in [0.4, 0.5) is 15.8 Å². The summed E-state index contributed by atoms with van der Waals surface area (Å²) in [5.41, 5.74) is 2.12. The molecule has 0 heterocycles. The van der Waals surface area contributed by atoms with Gasteiger partial charge in [0.05, 0.1) is 4.90 Å². The summed E-state index contributed by atoms with van der Waals surface area (Å²) in [4.78, 5) is 25.5. The lowest BCUT2D eigenvalue weighted by Crippen LogP contribution is -2.23. The Balaban J connectivity index is 1.75. The minimum absolute atomic E-state index is 0.0721. The number of nitrogens with zero attached hydrogens (tertiary/aromatic N) is 1. The number of sulfonamides is 1. The Labute approximate surface area is 192 Å². The fraction of sp³-hybridized carbons (Fsp3) is 0.167. The predicted octanol–water partition coefficient (Wildman–Crippen LogP) is 4.17. The van der Waals surface area contributed by atoms with Crippen molar-refractivity contribution >= 4 is 33.2 Å². The first kappa shape index (κ1) is 23.9. The van der Waals surface area contributed by atoms with Gasteiger partial charge in [-0.25, -0.2) is 12.8 Å². The van der Waals surface area contributed by atoms with E-state index in [1.165, 1.54) is 31.2 Å². The van der Waals surface area contributed by atoms with Gasteiger partial charge in [0.2, 0.25) is 5.91 Å². The van der Waals surface area contributed by atoms with E-state index in [4.69, 9.17) is 0 Å². The SMILES string of the molecule is CC(=O)N(C)Cc1cccc(NC(=O)c2cccc(NS(=O)(=O)c3ccc(C)c(F)c3)c2)c1. The average Bonchev–Trinajstić information content (AvgIpc) is 2.75. The van der Waals surface area contributed by atoms with Crippen LogP contribution in [0.2, 0.25) is 0 Å². The van der Waals surface area contributed by atoms with Crippen molar-refractivity contribution in [3.05, 3.63) is 89.2 Å². The fourth-order valence-corrected chi connectivity index (χ4v) is 4.08. The number of hydrogen-bond donors (Lipinski definition) is 2. The highest BCUT2D eigenvalue weighted by molar-refractivity contribution is 7.92. The van der Waals surface area contributed by atoms with E-state index >= 15 is 0 Å². The minimum Gasteiger partial charge on any atom is -0.342 e. The predicted molar refractivity (Wildman–Crippen MR) is 125 cm³/mol. The lowest BCUT2D eigenvalue weighted by atomic mass is 10.1. The van der Waals surface area contributed by atoms with Crippen LogP contribution >= 0.6 is 0 Å². The van der Waals surface area contributed by atoms with Crippen LogP contribution in [-0.4, -0.2) is 32.2 Å². The number of nitrogens with one attached hydrogen (secondary N) is 2. The molecule has 0 saturated carbocycles. The molecule has 7 nitrogen and oxygen atoms in total. The van der Waals surface area contributed by atoms with Gasteiger partial charge in [-0.15, -0.1) is 0 Å². The van der Waals surface area contributed by atoms with Crippen molar-refractivity contribution in [1.82, 2.24) is 4.90 Å². The van der Waals surface area contributed by atoms with E-state index in [2.05, 4.69) is 10.0 Å². The minimum atomic E-state index is -4.03. The molecule has 0 atom stereocenters. The number of carbonyl (C=O) groups is 2. The molecule has 0 aliphatic carbocycles. The molecule has 2 amide bonds. The van der Waals surface area contributed by atoms with E-state index in [0.717, 1.165) is 11.6 Å². The Morgan fingerprint density at radius 2 is 1.67 bits per heavy atom. The molecule has 0 bridgehead atoms. The Hall–Kier alpha value is -3.72. The van der Waals surface area contributed by atoms with E-state index in [-0.39, 0.29) is 22.1 Å². The lowest BCUT2D eigenvalue weighted by molar-refractivity contribution is -0.128. The highest BCUT2D eigenvalue weighted by Crippen LogP contribution is 2.20. The van der Waals surface area contributed by atoms with E-state index in [9.17, 15) is 22.4 Å². The van der Waals surface area contributed by atoms with Gasteiger partial charge in [-0.2, -0.15) is 0 Å². The molecule has 3 aromatic rings. The highest BCUT2D eigenvalue weighted by Gasteiger charge is 2.17. The van der Waals surface area contributed by atoms with Crippen molar-refractivity contribution in [2.24, 2.45) is 0 Å². The van der Waals surface area contributed by atoms with Crippen LogP contribution in [0.3, 0.4) is 0 Å². The standard InChI is InChI=1S/C24H24FN3O4S/c1-16-10-11-22(14-23(16)25)33(31,32)27-21-9-5-7-19(13-21)24(30)26-20-8-4-6-18(12-20)15-28(3)17(2)29/h4-14,27H,15H2,1-3H3,(H,26,30). The second-order valence-electron chi connectivity index (χ2n) is 7.63. The van der Waals surface area contributed by atoms with E-state index < -0.39 is 21.7 Å². The van der Waals surface area contributed by atoms with E-state index in [1.54, 1.807) is 49.2 Å². The molecular formula is C24H24FN3O4S. The van der Waals surface area contributed by atoms with Crippen molar-refractivity contribution in [3.8, 4) is 0 Å². The summed E-state index contributed by atoms with van der Waals surface area (Å²) in [5.74, 6) is -1.13. The zero-order chi connectivity index (χ0) is 24.2. The summed E-state index contributed by atoms with van der Waals surface area (Å²) in [6.45, 7) is 3.41. The molecule has 0 aromatic heterocycles. The Morgan fingerprint density at radius 3 is 2.36 bits per heavy atom. The van der Waals surface area contributed by atoms with Crippen LogP contribution < -0.4 is 10.0 Å². The van der Waals surface area contributed by atoms with Crippen LogP contribution in [0.5, 0.6) is 0 Å². The summed E-state index contributed by atoms with van der Waals surface area (Å²) in [5, 5.41) is 2.77. The van der Waals surface area contributed by atoms with Crippen LogP contribution in [0.15, 0.2) is 71.6 Å². The van der Waals surface area contributed by atoms with Crippen LogP contribution in [0, 0.1) is 12.7 Å². The molecule has 0 spiro atoms. The van der Waals surface area contributed by atoms with Gasteiger partial charge >= 0.3 is 0 Å². The summed E-state index contributed by atoms with van der Waals surface area (Å²) in [6, 6.07) is 16.7. The Bertz CT molecular complexity index is 1310. The zero-order valence-corrected chi connectivity index (χ0v) is 19.2. The average molecular weight is 470 g/mol. The summed E-state index contributed by atoms with van der Waals surface area (Å²) in [6.07, 6.45) is 0. The third-order valence-electron chi connectivity index (χ3n) is 4.97. The Kier molecular flexibility index (Phi) is 7.13. The topological polar surface area (TPSA) is 95.6 Å². The van der Waals surface area contributed by atoms with Crippen molar-refractivity contribution in [1.29, 1.82) is 0 Å². The maximum atomic E-state index is 13.8. The Morgan fingerprint density at radius 1 is 0.970 bits per heavy atom. The van der Waals surface area contributed by atoms with Gasteiger partial charge in [0.25, 0.3) is 15.9 Å². The zero-order valence-electron chi connectivity index (χ0n) is 18.4. The molecule has 2 N–H and O–H groups in total. The van der Waals surface area contributed by atoms with Crippen molar-refractivity contribution in [2.45, 2.75) is 25.3 Å². The molecule has 3 aromatic carbocycles. The van der Waals surface area contributed by atoms with Crippen LogP contribution in [0.25, 0.3) is 0 Å². The molecule has 0 radical (unpaired) electrons. The second-order valence-corrected chi connectivity index (χ2v) is 9.31. The number of amides is 2. The van der Waals surface area contributed by atoms with Crippen molar-refractivity contribution in [3.63, 3.8) is 0 Å². The van der Waals surface area contributed by atoms with Crippen LogP contribution in [-0.2, 0) is 21.4 Å². The van der Waals surface area contributed by atoms with Gasteiger partial charge in [0.1, 0.15) is 5.82 Å². The molecule has 0 aliphatic rings. The molecule has 9 heteroatoms. The molecule has 0 fully saturated rings. The van der Waals surface area contributed by atoms with Gasteiger partial charge in [-0.1, -0.05) is 24.3 Å². The lowest BCUT2D eigenvalue weighted by Gasteiger charge is -2.15. The monoisotopic (exact) mass is 469 g/mol. The number of halogens is 1. The van der Waals surface area contributed by atoms with E-state index in [0.29, 0.717) is 17.8 Å². The molecular weight excluding hydrogens is 445 g/mol. The first-order valence-corrected chi connectivity index (χ1v) is 11.5. The molecule has 3 rings (SSSR count). The largest absolute Gasteiger partial charge is 0.342 e. The number of aryl methyl sites for hydroxylation is 1. The summed E-state index contributed by atoms with van der Waals surface area (Å²) in [7, 11) is -2.35. The number of benzene rings is 3. The third kappa shape index (κ3) is 6.17. The smallest absolute Gasteiger partial charge is 0.261 e. The third-order valence-corrected chi connectivity index (χ3v) is 6.35. The number of hydrogen-bond acceptors (Lipinski definition) is 4. The molecule has 0 unspecified atom stereocenters. The van der Waals surface area contributed by atoms with E-state index in [1.807, 2.05) is 6.07 Å². The van der Waals surface area contributed by atoms with Crippen LogP contribution in [0.1, 0.15) is 28.4 Å². The fourth-order valence-electron chi connectivity index (χ4n) is 3.01. The first-order valence-electron chi connectivity index (χ1n) is 10.1. The molecule has 172 valence electrons. The molecule has 0 saturated heterocycles. The second kappa shape index (κ2) is 9.83. The van der Waals surface area contributed by atoms with Gasteiger partial charge < -0.3 is 10.2 Å². The van der Waals surface area contributed by atoms with Gasteiger partial charge in [-0.3, -0.25) is 14.3 Å². The maximum absolute atomic E-state index is 13.8. The maximum Gasteiger partial charge on any atom is 0.261 e. The molecule has 0 aliphatic heterocycles. The quantitative estimate of drug-likeness (QED) is 0.543. The van der Waals surface area contributed by atoms with Gasteiger partial charge in [0, 0.05) is 37.5 Å². The number of rotatable bonds is 7. The summed E-state index contributed by atoms with van der Waals surface area (Å²) >= 11 is 0. The normalized spacial score (nSPS) is 11.0. The summed E-state index contributed by atoms with van der Waals surface area (Å²) < 4.78 is 41.4.